The standard InChI is InChI=1S/C52H32FN2S.C19H26NSi.Ir/c1-32-25-27-42(51-48(32)41-28-26-36(29-47(41)56-51)33-15-5-2-6-16-33)52-54-49-39-23-13-11-21-37(39)38-22-12-14-24-40(38)50(49)55(52)46-31-43(34-17-7-3-8-18-34)45(53)30-44(46)35-19-9-4-10-20-35;1-14(2)15(3)17-12-18(16-10-8-7-9-11-16)20-13-19(17)21(4,5)6;/h2-26,28-31H,1H3;7-10,12-15H,1-6H3;/q2*-1;/i;15D;. The van der Waals surface area contributed by atoms with Gasteiger partial charge in [-0.05, 0) is 84.0 Å². The van der Waals surface area contributed by atoms with E-state index in [4.69, 9.17) is 6.35 Å². The van der Waals surface area contributed by atoms with Gasteiger partial charge in [-0.25, -0.2) is 4.39 Å². The van der Waals surface area contributed by atoms with Gasteiger partial charge in [0.1, 0.15) is 5.82 Å². The second-order valence-electron chi connectivity index (χ2n) is 21.3. The molecule has 7 heteroatoms. The second-order valence-corrected chi connectivity index (χ2v) is 27.4. The summed E-state index contributed by atoms with van der Waals surface area (Å²) in [5.74, 6) is 0.132. The first-order chi connectivity index (χ1) is 37.8. The number of fused-ring (bicyclic) bond motifs is 9. The molecule has 13 aromatic rings. The zero-order valence-corrected chi connectivity index (χ0v) is 49.0. The number of aryl methyl sites for hydroxylation is 1. The van der Waals surface area contributed by atoms with Crippen molar-refractivity contribution >= 4 is 77.3 Å². The molecule has 3 aromatic heterocycles. The normalized spacial score (nSPS) is 12.7. The molecule has 385 valence electrons. The number of thiophene rings is 1. The average Bonchev–Trinajstić information content (AvgIpc) is 4.29. The van der Waals surface area contributed by atoms with Gasteiger partial charge >= 0.3 is 0 Å². The van der Waals surface area contributed by atoms with Gasteiger partial charge in [0, 0.05) is 60.0 Å². The summed E-state index contributed by atoms with van der Waals surface area (Å²) in [6, 6.07) is 77.2. The number of rotatable bonds is 9. The van der Waals surface area contributed by atoms with Crippen molar-refractivity contribution in [2.75, 3.05) is 0 Å². The van der Waals surface area contributed by atoms with E-state index in [9.17, 15) is 0 Å². The summed E-state index contributed by atoms with van der Waals surface area (Å²) in [7, 11) is -1.55. The van der Waals surface area contributed by atoms with E-state index in [0.29, 0.717) is 5.56 Å². The Bertz CT molecular complexity index is 4380. The predicted octanol–water partition coefficient (Wildman–Crippen LogP) is 19.5. The van der Waals surface area contributed by atoms with Crippen LogP contribution in [-0.4, -0.2) is 22.6 Å². The molecule has 3 heterocycles. The van der Waals surface area contributed by atoms with Crippen LogP contribution in [0.2, 0.25) is 19.6 Å². The third kappa shape index (κ3) is 9.64. The number of imidazole rings is 1. The Morgan fingerprint density at radius 1 is 0.615 bits per heavy atom. The molecular weight excluding hydrogens is 1170 g/mol. The van der Waals surface area contributed by atoms with E-state index in [1.807, 2.05) is 92.0 Å². The number of hydrogen-bond donors (Lipinski definition) is 0. The van der Waals surface area contributed by atoms with E-state index >= 15 is 4.39 Å². The Kier molecular flexibility index (Phi) is 14.2. The average molecular weight is 1230 g/mol. The number of hydrogen-bond acceptors (Lipinski definition) is 3. The number of halogens is 1. The van der Waals surface area contributed by atoms with Crippen LogP contribution in [0.5, 0.6) is 0 Å². The first-order valence-corrected chi connectivity index (χ1v) is 30.8. The summed E-state index contributed by atoms with van der Waals surface area (Å²) >= 11 is 1.79. The second kappa shape index (κ2) is 21.6. The van der Waals surface area contributed by atoms with E-state index < -0.39 is 14.0 Å². The van der Waals surface area contributed by atoms with Crippen molar-refractivity contribution in [3.8, 4) is 61.7 Å². The third-order valence-corrected chi connectivity index (χ3v) is 18.3. The third-order valence-electron chi connectivity index (χ3n) is 15.1. The number of pyridine rings is 1. The van der Waals surface area contributed by atoms with Crippen LogP contribution in [0.3, 0.4) is 0 Å². The van der Waals surface area contributed by atoms with Gasteiger partial charge < -0.3 is 9.55 Å². The van der Waals surface area contributed by atoms with Crippen molar-refractivity contribution in [2.24, 2.45) is 5.92 Å². The van der Waals surface area contributed by atoms with Crippen molar-refractivity contribution in [1.29, 1.82) is 0 Å². The molecule has 0 saturated heterocycles. The van der Waals surface area contributed by atoms with Crippen LogP contribution < -0.4 is 5.19 Å². The Labute approximate surface area is 476 Å². The Balaban J connectivity index is 0.000000243. The quantitative estimate of drug-likeness (QED) is 0.0819. The minimum atomic E-state index is -1.55. The van der Waals surface area contributed by atoms with Gasteiger partial charge in [-0.1, -0.05) is 222 Å². The number of nitrogens with zero attached hydrogens (tertiary/aromatic N) is 3. The zero-order chi connectivity index (χ0) is 53.9. The van der Waals surface area contributed by atoms with E-state index in [1.54, 1.807) is 17.4 Å². The van der Waals surface area contributed by atoms with Gasteiger partial charge in [0.05, 0.1) is 24.9 Å². The van der Waals surface area contributed by atoms with Gasteiger partial charge in [-0.2, -0.15) is 11.3 Å². The van der Waals surface area contributed by atoms with E-state index in [0.717, 1.165) is 87.9 Å². The van der Waals surface area contributed by atoms with Crippen LogP contribution in [0.15, 0.2) is 212 Å². The van der Waals surface area contributed by atoms with Gasteiger partial charge in [0.15, 0.2) is 0 Å². The molecule has 0 aliphatic carbocycles. The first kappa shape index (κ1) is 51.1. The molecule has 10 aromatic carbocycles. The van der Waals surface area contributed by atoms with Crippen molar-refractivity contribution in [1.82, 2.24) is 14.5 Å². The van der Waals surface area contributed by atoms with Gasteiger partial charge in [0.25, 0.3) is 0 Å². The maximum Gasteiger partial charge on any atom is 0.131 e. The molecule has 1 radical (unpaired) electrons. The van der Waals surface area contributed by atoms with E-state index in [-0.39, 0.29) is 31.8 Å². The van der Waals surface area contributed by atoms with Gasteiger partial charge in [-0.3, -0.25) is 4.98 Å². The molecule has 0 bridgehead atoms. The molecule has 0 N–H and O–H groups in total. The first-order valence-electron chi connectivity index (χ1n) is 26.9. The van der Waals surface area contributed by atoms with Crippen molar-refractivity contribution in [3.63, 3.8) is 0 Å². The summed E-state index contributed by atoms with van der Waals surface area (Å²) < 4.78 is 30.1. The summed E-state index contributed by atoms with van der Waals surface area (Å²) in [6.45, 7) is 15.4. The number of benzene rings is 10. The molecular formula is C71H58FIrN3SSi-2. The summed E-state index contributed by atoms with van der Waals surface area (Å²) in [4.78, 5) is 10.3. The molecule has 78 heavy (non-hydrogen) atoms. The zero-order valence-electron chi connectivity index (χ0n) is 45.7. The van der Waals surface area contributed by atoms with Crippen LogP contribution >= 0.6 is 11.3 Å². The monoisotopic (exact) mass is 1230 g/mol. The minimum absolute atomic E-state index is 0. The van der Waals surface area contributed by atoms with Crippen LogP contribution in [0, 0.1) is 30.8 Å². The summed E-state index contributed by atoms with van der Waals surface area (Å²) in [5, 5.41) is 8.15. The van der Waals surface area contributed by atoms with Crippen LogP contribution in [-0.2, 0) is 20.1 Å². The van der Waals surface area contributed by atoms with Crippen LogP contribution in [0.1, 0.15) is 39.2 Å². The summed E-state index contributed by atoms with van der Waals surface area (Å²) in [5.41, 5.74) is 13.3. The fourth-order valence-electron chi connectivity index (χ4n) is 10.9. The Hall–Kier alpha value is -7.64. The molecule has 0 aliphatic heterocycles. The summed E-state index contributed by atoms with van der Waals surface area (Å²) in [6.07, 6.45) is 2.01. The Morgan fingerprint density at radius 3 is 1.86 bits per heavy atom. The molecule has 0 fully saturated rings. The van der Waals surface area contributed by atoms with E-state index in [1.165, 1.54) is 37.3 Å². The maximum atomic E-state index is 16.5. The molecule has 0 amide bonds. The molecule has 3 nitrogen and oxygen atoms in total. The maximum absolute atomic E-state index is 16.5. The fourth-order valence-corrected chi connectivity index (χ4v) is 13.7. The van der Waals surface area contributed by atoms with Crippen molar-refractivity contribution in [2.45, 2.75) is 53.2 Å². The molecule has 0 spiro atoms. The molecule has 0 saturated carbocycles. The number of aromatic nitrogens is 3. The van der Waals surface area contributed by atoms with Gasteiger partial charge in [-0.15, -0.1) is 53.6 Å². The predicted molar refractivity (Wildman–Crippen MR) is 329 cm³/mol. The SMILES string of the molecule is Cc1c[c-]c(-c2nc3c4ccccc4c4ccccc4c3n2-c2cc(-c3ccccc3)c(F)cc2-c2ccccc2)c2sc3cc(-c4ccccc4)ccc3c12.[2H]C(C)(c1cc(-c2[c-]cccc2)ncc1[Si](C)(C)C)C(C)C.[Ir]. The smallest absolute Gasteiger partial charge is 0.131 e. The van der Waals surface area contributed by atoms with Crippen molar-refractivity contribution < 1.29 is 25.9 Å². The largest absolute Gasteiger partial charge is 0.332 e. The molecule has 1 unspecified atom stereocenters. The van der Waals surface area contributed by atoms with Crippen molar-refractivity contribution in [3.05, 3.63) is 242 Å². The van der Waals surface area contributed by atoms with E-state index in [2.05, 4.69) is 183 Å². The minimum Gasteiger partial charge on any atom is -0.332 e. The van der Waals surface area contributed by atoms with Crippen LogP contribution in [0.4, 0.5) is 4.39 Å². The van der Waals surface area contributed by atoms with Crippen LogP contribution in [0.25, 0.3) is 114 Å². The topological polar surface area (TPSA) is 30.7 Å². The fraction of sp³-hybridized carbons (Fsp3) is 0.127. The Morgan fingerprint density at radius 2 is 1.22 bits per heavy atom. The molecule has 1 atom stereocenters. The van der Waals surface area contributed by atoms with Gasteiger partial charge in [0.2, 0.25) is 0 Å². The molecule has 0 aliphatic rings. The molecule has 13 rings (SSSR count).